The molecule has 0 saturated heterocycles. The Morgan fingerprint density at radius 3 is 1.23 bits per heavy atom. The van der Waals surface area contributed by atoms with Crippen molar-refractivity contribution in [3.05, 3.63) is 131 Å². The molecule has 0 aliphatic rings. The minimum Gasteiger partial charge on any atom is -0.220 e. The fourth-order valence-electron chi connectivity index (χ4n) is 3.43. The molecular weight excluding hydrogens is 400 g/mol. The highest BCUT2D eigenvalue weighted by Crippen LogP contribution is 2.26. The molecule has 0 spiro atoms. The number of sulfone groups is 1. The van der Waals surface area contributed by atoms with Crippen LogP contribution in [0, 0.1) is 0 Å². The predicted octanol–water partition coefficient (Wildman–Crippen LogP) is 7.08. The second-order valence-electron chi connectivity index (χ2n) is 7.10. The SMILES string of the molecule is O=S(=O)(/C=C/c1ccccc1-c1ccccc1)/C=C/c1ccccc1-c1ccccc1. The van der Waals surface area contributed by atoms with Crippen molar-refractivity contribution in [2.45, 2.75) is 0 Å². The van der Waals surface area contributed by atoms with Crippen molar-refractivity contribution in [2.75, 3.05) is 0 Å². The molecule has 0 bridgehead atoms. The van der Waals surface area contributed by atoms with Gasteiger partial charge in [-0.3, -0.25) is 0 Å². The third kappa shape index (κ3) is 5.27. The predicted molar refractivity (Wildman–Crippen MR) is 131 cm³/mol. The van der Waals surface area contributed by atoms with E-state index in [1.165, 1.54) is 10.8 Å². The maximum atomic E-state index is 12.7. The second kappa shape index (κ2) is 9.41. The first-order valence-corrected chi connectivity index (χ1v) is 11.6. The number of rotatable bonds is 6. The minimum absolute atomic E-state index is 0.857. The zero-order valence-electron chi connectivity index (χ0n) is 16.9. The highest BCUT2D eigenvalue weighted by Gasteiger charge is 2.06. The van der Waals surface area contributed by atoms with Gasteiger partial charge in [-0.15, -0.1) is 0 Å². The first-order chi connectivity index (χ1) is 15.1. The van der Waals surface area contributed by atoms with Crippen LogP contribution in [0.1, 0.15) is 11.1 Å². The monoisotopic (exact) mass is 422 g/mol. The molecule has 0 fully saturated rings. The van der Waals surface area contributed by atoms with Crippen molar-refractivity contribution in [2.24, 2.45) is 0 Å². The lowest BCUT2D eigenvalue weighted by Crippen LogP contribution is -1.90. The Bertz CT molecular complexity index is 1220. The summed E-state index contributed by atoms with van der Waals surface area (Å²) in [5.74, 6) is 0. The Hall–Kier alpha value is -3.69. The van der Waals surface area contributed by atoms with E-state index in [0.29, 0.717) is 0 Å². The van der Waals surface area contributed by atoms with E-state index in [4.69, 9.17) is 0 Å². The van der Waals surface area contributed by atoms with Crippen LogP contribution in [-0.4, -0.2) is 8.42 Å². The molecule has 4 rings (SSSR count). The lowest BCUT2D eigenvalue weighted by atomic mass is 10.00. The van der Waals surface area contributed by atoms with Gasteiger partial charge in [-0.1, -0.05) is 109 Å². The van der Waals surface area contributed by atoms with Gasteiger partial charge in [-0.25, -0.2) is 8.42 Å². The highest BCUT2D eigenvalue weighted by atomic mass is 32.2. The van der Waals surface area contributed by atoms with Crippen molar-refractivity contribution >= 4 is 22.0 Å². The summed E-state index contributed by atoms with van der Waals surface area (Å²) in [4.78, 5) is 0. The smallest absolute Gasteiger partial charge is 0.193 e. The molecular formula is C28H22O2S. The lowest BCUT2D eigenvalue weighted by molar-refractivity contribution is 0.613. The van der Waals surface area contributed by atoms with Gasteiger partial charge in [-0.2, -0.15) is 0 Å². The molecule has 31 heavy (non-hydrogen) atoms. The van der Waals surface area contributed by atoms with Gasteiger partial charge in [0.2, 0.25) is 0 Å². The van der Waals surface area contributed by atoms with Crippen molar-refractivity contribution in [1.29, 1.82) is 0 Å². The summed E-state index contributed by atoms with van der Waals surface area (Å²) in [5, 5.41) is 2.52. The summed E-state index contributed by atoms with van der Waals surface area (Å²) >= 11 is 0. The molecule has 0 atom stereocenters. The van der Waals surface area contributed by atoms with Gasteiger partial charge in [0.05, 0.1) is 0 Å². The number of benzene rings is 4. The maximum Gasteiger partial charge on any atom is 0.193 e. The molecule has 0 radical (unpaired) electrons. The average molecular weight is 423 g/mol. The molecule has 0 aliphatic carbocycles. The standard InChI is InChI=1S/C28H22O2S/c29-31(30,21-19-25-15-7-9-17-27(25)23-11-3-1-4-12-23)22-20-26-16-8-10-18-28(26)24-13-5-2-6-14-24/h1-22H/b21-19+,22-20+. The van der Waals surface area contributed by atoms with Crippen LogP contribution in [0.4, 0.5) is 0 Å². The molecule has 0 unspecified atom stereocenters. The van der Waals surface area contributed by atoms with E-state index in [9.17, 15) is 8.42 Å². The van der Waals surface area contributed by atoms with Gasteiger partial charge in [0, 0.05) is 10.8 Å². The molecule has 4 aromatic carbocycles. The summed E-state index contributed by atoms with van der Waals surface area (Å²) < 4.78 is 25.4. The van der Waals surface area contributed by atoms with E-state index < -0.39 is 9.84 Å². The highest BCUT2D eigenvalue weighted by molar-refractivity contribution is 7.97. The van der Waals surface area contributed by atoms with Crippen LogP contribution in [0.3, 0.4) is 0 Å². The van der Waals surface area contributed by atoms with Crippen LogP contribution in [0.15, 0.2) is 120 Å². The third-order valence-electron chi connectivity index (χ3n) is 4.97. The molecule has 0 aliphatic heterocycles. The minimum atomic E-state index is -3.54. The van der Waals surface area contributed by atoms with E-state index in [-0.39, 0.29) is 0 Å². The Kier molecular flexibility index (Phi) is 6.25. The topological polar surface area (TPSA) is 34.1 Å². The Labute approximate surface area is 183 Å². The molecule has 0 saturated carbocycles. The second-order valence-corrected chi connectivity index (χ2v) is 8.82. The molecule has 3 heteroatoms. The van der Waals surface area contributed by atoms with Gasteiger partial charge < -0.3 is 0 Å². The van der Waals surface area contributed by atoms with Gasteiger partial charge in [-0.05, 0) is 45.5 Å². The van der Waals surface area contributed by atoms with Crippen LogP contribution >= 0.6 is 0 Å². The fourth-order valence-corrected chi connectivity index (χ4v) is 4.19. The van der Waals surface area contributed by atoms with E-state index >= 15 is 0 Å². The summed E-state index contributed by atoms with van der Waals surface area (Å²) in [5.41, 5.74) is 5.80. The van der Waals surface area contributed by atoms with Crippen LogP contribution in [-0.2, 0) is 9.84 Å². The van der Waals surface area contributed by atoms with E-state index in [0.717, 1.165) is 33.4 Å². The molecule has 0 N–H and O–H groups in total. The largest absolute Gasteiger partial charge is 0.220 e. The first-order valence-electron chi connectivity index (χ1n) is 10.0. The van der Waals surface area contributed by atoms with Gasteiger partial charge in [0.1, 0.15) is 0 Å². The van der Waals surface area contributed by atoms with E-state index in [1.807, 2.05) is 109 Å². The Morgan fingerprint density at radius 2 is 0.806 bits per heavy atom. The van der Waals surface area contributed by atoms with Gasteiger partial charge >= 0.3 is 0 Å². The van der Waals surface area contributed by atoms with Crippen LogP contribution in [0.2, 0.25) is 0 Å². The van der Waals surface area contributed by atoms with Crippen molar-refractivity contribution in [3.8, 4) is 22.3 Å². The van der Waals surface area contributed by atoms with Crippen molar-refractivity contribution in [1.82, 2.24) is 0 Å². The zero-order valence-corrected chi connectivity index (χ0v) is 17.7. The van der Waals surface area contributed by atoms with Crippen molar-refractivity contribution < 1.29 is 8.42 Å². The molecule has 4 aromatic rings. The summed E-state index contributed by atoms with van der Waals surface area (Å²) in [6.07, 6.45) is 3.32. The average Bonchev–Trinajstić information content (AvgIpc) is 2.83. The summed E-state index contributed by atoms with van der Waals surface area (Å²) in [7, 11) is -3.54. The van der Waals surface area contributed by atoms with Crippen molar-refractivity contribution in [3.63, 3.8) is 0 Å². The third-order valence-corrected chi connectivity index (χ3v) is 6.00. The molecule has 2 nitrogen and oxygen atoms in total. The summed E-state index contributed by atoms with van der Waals surface area (Å²) in [6, 6.07) is 35.4. The first kappa shape index (κ1) is 20.6. The van der Waals surface area contributed by atoms with Gasteiger partial charge in [0.15, 0.2) is 9.84 Å². The molecule has 152 valence electrons. The Balaban J connectivity index is 1.61. The molecule has 0 amide bonds. The number of hydrogen-bond donors (Lipinski definition) is 0. The van der Waals surface area contributed by atoms with Crippen LogP contribution in [0.5, 0.6) is 0 Å². The van der Waals surface area contributed by atoms with E-state index in [2.05, 4.69) is 0 Å². The van der Waals surface area contributed by atoms with Gasteiger partial charge in [0.25, 0.3) is 0 Å². The normalized spacial score (nSPS) is 11.9. The van der Waals surface area contributed by atoms with Crippen LogP contribution < -0.4 is 0 Å². The van der Waals surface area contributed by atoms with E-state index in [1.54, 1.807) is 12.2 Å². The Morgan fingerprint density at radius 1 is 0.452 bits per heavy atom. The molecule has 0 heterocycles. The quantitative estimate of drug-likeness (QED) is 0.333. The summed E-state index contributed by atoms with van der Waals surface area (Å²) in [6.45, 7) is 0. The van der Waals surface area contributed by atoms with Crippen LogP contribution in [0.25, 0.3) is 34.4 Å². The lowest BCUT2D eigenvalue weighted by Gasteiger charge is -2.06. The zero-order chi connectivity index (χ0) is 21.5. The molecule has 0 aromatic heterocycles. The number of hydrogen-bond acceptors (Lipinski definition) is 2. The fraction of sp³-hybridized carbons (Fsp3) is 0. The maximum absolute atomic E-state index is 12.7.